The van der Waals surface area contributed by atoms with Gasteiger partial charge in [-0.05, 0) is 47.2 Å². The second-order valence-electron chi connectivity index (χ2n) is 8.07. The smallest absolute Gasteiger partial charge is 0.193 e. The number of fused-ring (bicyclic) bond motifs is 1. The zero-order valence-electron chi connectivity index (χ0n) is 17.6. The fraction of sp³-hybridized carbons (Fsp3) is 0.179. The summed E-state index contributed by atoms with van der Waals surface area (Å²) < 4.78 is 0. The van der Waals surface area contributed by atoms with Crippen molar-refractivity contribution in [1.82, 2.24) is 0 Å². The van der Waals surface area contributed by atoms with Crippen molar-refractivity contribution in [2.45, 2.75) is 32.6 Å². The van der Waals surface area contributed by atoms with E-state index in [1.54, 1.807) is 0 Å². The van der Waals surface area contributed by atoms with Crippen LogP contribution < -0.4 is 0 Å². The Morgan fingerprint density at radius 3 is 2.26 bits per heavy atom. The molecule has 0 saturated carbocycles. The summed E-state index contributed by atoms with van der Waals surface area (Å²) >= 11 is 0. The van der Waals surface area contributed by atoms with Crippen LogP contribution in [0.15, 0.2) is 72.8 Å². The fourth-order valence-electron chi connectivity index (χ4n) is 3.89. The number of allylic oxidation sites excluding steroid dienone is 1. The Balaban J connectivity index is 1.47. The molecule has 31 heavy (non-hydrogen) atoms. The molecule has 0 saturated heterocycles. The molecule has 1 aliphatic carbocycles. The third kappa shape index (κ3) is 4.95. The predicted octanol–water partition coefficient (Wildman–Crippen LogP) is 5.50. The molecular formula is C28H24O3. The Bertz CT molecular complexity index is 1170. The lowest BCUT2D eigenvalue weighted by Crippen LogP contribution is -2.05. The largest absolute Gasteiger partial charge is 0.300 e. The average Bonchev–Trinajstić information content (AvgIpc) is 3.21. The second-order valence-corrected chi connectivity index (χ2v) is 8.07. The first-order valence-electron chi connectivity index (χ1n) is 10.5. The molecule has 0 atom stereocenters. The van der Waals surface area contributed by atoms with Crippen molar-refractivity contribution in [1.29, 1.82) is 0 Å². The minimum atomic E-state index is 0.0315. The standard InChI is InChI=1S/C28H24O3/c1-19(29)7-14-27(30)15-20-8-10-21(11-9-20)25-16-23-12-13-24(17-26(23)18-25)28(31)22-5-3-2-4-6-22/h2-6,8-13,17-18H,7,14-16H2,1H3. The summed E-state index contributed by atoms with van der Waals surface area (Å²) in [6.45, 7) is 1.51. The monoisotopic (exact) mass is 408 g/mol. The predicted molar refractivity (Wildman–Crippen MR) is 123 cm³/mol. The topological polar surface area (TPSA) is 51.2 Å². The minimum absolute atomic E-state index is 0.0315. The van der Waals surface area contributed by atoms with Gasteiger partial charge in [0.05, 0.1) is 0 Å². The third-order valence-electron chi connectivity index (χ3n) is 5.64. The van der Waals surface area contributed by atoms with Crippen LogP contribution in [0, 0.1) is 0 Å². The molecule has 0 amide bonds. The number of benzene rings is 3. The van der Waals surface area contributed by atoms with Gasteiger partial charge in [0.2, 0.25) is 0 Å². The maximum atomic E-state index is 12.7. The Morgan fingerprint density at radius 2 is 1.55 bits per heavy atom. The minimum Gasteiger partial charge on any atom is -0.300 e. The molecule has 3 aromatic rings. The van der Waals surface area contributed by atoms with Crippen LogP contribution in [0.4, 0.5) is 0 Å². The van der Waals surface area contributed by atoms with E-state index in [1.807, 2.05) is 72.8 Å². The molecule has 0 radical (unpaired) electrons. The lowest BCUT2D eigenvalue weighted by molar-refractivity contribution is -0.122. The molecular weight excluding hydrogens is 384 g/mol. The quantitative estimate of drug-likeness (QED) is 0.463. The van der Waals surface area contributed by atoms with Gasteiger partial charge in [-0.2, -0.15) is 0 Å². The first-order chi connectivity index (χ1) is 15.0. The van der Waals surface area contributed by atoms with Gasteiger partial charge in [0, 0.05) is 30.4 Å². The molecule has 0 aromatic heterocycles. The van der Waals surface area contributed by atoms with Crippen LogP contribution in [0.3, 0.4) is 0 Å². The van der Waals surface area contributed by atoms with Crippen LogP contribution in [0.1, 0.15) is 57.9 Å². The van der Waals surface area contributed by atoms with Gasteiger partial charge in [0.25, 0.3) is 0 Å². The second kappa shape index (κ2) is 9.05. The first-order valence-corrected chi connectivity index (χ1v) is 10.5. The van der Waals surface area contributed by atoms with Crippen molar-refractivity contribution in [2.24, 2.45) is 0 Å². The van der Waals surface area contributed by atoms with Crippen molar-refractivity contribution >= 4 is 29.0 Å². The van der Waals surface area contributed by atoms with Gasteiger partial charge < -0.3 is 4.79 Å². The van der Waals surface area contributed by atoms with Gasteiger partial charge in [0.15, 0.2) is 5.78 Å². The van der Waals surface area contributed by atoms with Crippen molar-refractivity contribution in [3.05, 3.63) is 106 Å². The molecule has 3 aromatic carbocycles. The van der Waals surface area contributed by atoms with E-state index in [1.165, 1.54) is 18.1 Å². The molecule has 3 heteroatoms. The molecule has 0 heterocycles. The number of hydrogen-bond donors (Lipinski definition) is 0. The van der Waals surface area contributed by atoms with E-state index in [0.717, 1.165) is 23.1 Å². The molecule has 1 aliphatic rings. The van der Waals surface area contributed by atoms with Crippen molar-refractivity contribution in [2.75, 3.05) is 0 Å². The highest BCUT2D eigenvalue weighted by Gasteiger charge is 2.17. The Kier molecular flexibility index (Phi) is 6.03. The van der Waals surface area contributed by atoms with Gasteiger partial charge >= 0.3 is 0 Å². The van der Waals surface area contributed by atoms with Gasteiger partial charge in [-0.15, -0.1) is 0 Å². The lowest BCUT2D eigenvalue weighted by Gasteiger charge is -2.05. The molecule has 3 nitrogen and oxygen atoms in total. The number of rotatable bonds is 8. The summed E-state index contributed by atoms with van der Waals surface area (Å²) in [5, 5.41) is 0. The summed E-state index contributed by atoms with van der Waals surface area (Å²) in [7, 11) is 0. The van der Waals surface area contributed by atoms with E-state index >= 15 is 0 Å². The van der Waals surface area contributed by atoms with E-state index in [9.17, 15) is 14.4 Å². The number of carbonyl (C=O) groups is 3. The fourth-order valence-corrected chi connectivity index (χ4v) is 3.89. The molecule has 0 aliphatic heterocycles. The molecule has 0 unspecified atom stereocenters. The van der Waals surface area contributed by atoms with E-state index in [2.05, 4.69) is 6.08 Å². The van der Waals surface area contributed by atoms with Crippen LogP contribution in [-0.4, -0.2) is 17.3 Å². The Morgan fingerprint density at radius 1 is 0.806 bits per heavy atom. The van der Waals surface area contributed by atoms with Gasteiger partial charge in [0.1, 0.15) is 11.6 Å². The normalized spacial score (nSPS) is 12.2. The van der Waals surface area contributed by atoms with Crippen LogP contribution in [0.5, 0.6) is 0 Å². The SMILES string of the molecule is CC(=O)CCC(=O)Cc1ccc(C2=Cc3cc(C(=O)c4ccccc4)ccc3C2)cc1. The zero-order chi connectivity index (χ0) is 21.8. The van der Waals surface area contributed by atoms with Crippen molar-refractivity contribution in [3.8, 4) is 0 Å². The Hall–Kier alpha value is -3.59. The van der Waals surface area contributed by atoms with E-state index in [-0.39, 0.29) is 17.3 Å². The maximum absolute atomic E-state index is 12.7. The number of hydrogen-bond acceptors (Lipinski definition) is 3. The number of ketones is 3. The molecule has 0 bridgehead atoms. The molecule has 0 N–H and O–H groups in total. The maximum Gasteiger partial charge on any atom is 0.193 e. The summed E-state index contributed by atoms with van der Waals surface area (Å²) in [6.07, 6.45) is 3.95. The van der Waals surface area contributed by atoms with Gasteiger partial charge in [-0.25, -0.2) is 0 Å². The number of carbonyl (C=O) groups excluding carboxylic acids is 3. The highest BCUT2D eigenvalue weighted by molar-refractivity contribution is 6.09. The highest BCUT2D eigenvalue weighted by atomic mass is 16.1. The summed E-state index contributed by atoms with van der Waals surface area (Å²) in [4.78, 5) is 35.8. The van der Waals surface area contributed by atoms with Crippen molar-refractivity contribution in [3.63, 3.8) is 0 Å². The highest BCUT2D eigenvalue weighted by Crippen LogP contribution is 2.32. The lowest BCUT2D eigenvalue weighted by atomic mass is 9.98. The summed E-state index contributed by atoms with van der Waals surface area (Å²) in [5.74, 6) is 0.167. The van der Waals surface area contributed by atoms with E-state index < -0.39 is 0 Å². The van der Waals surface area contributed by atoms with E-state index in [4.69, 9.17) is 0 Å². The molecule has 0 fully saturated rings. The van der Waals surface area contributed by atoms with Crippen LogP contribution in [0.2, 0.25) is 0 Å². The molecule has 154 valence electrons. The summed E-state index contributed by atoms with van der Waals surface area (Å²) in [5.41, 5.74) is 6.97. The Labute approximate surface area is 182 Å². The first kappa shape index (κ1) is 20.7. The third-order valence-corrected chi connectivity index (χ3v) is 5.64. The molecule has 0 spiro atoms. The van der Waals surface area contributed by atoms with Crippen molar-refractivity contribution < 1.29 is 14.4 Å². The summed E-state index contributed by atoms with van der Waals surface area (Å²) in [6, 6.07) is 23.3. The van der Waals surface area contributed by atoms with Crippen LogP contribution in [-0.2, 0) is 22.4 Å². The van der Waals surface area contributed by atoms with E-state index in [0.29, 0.717) is 30.4 Å². The zero-order valence-corrected chi connectivity index (χ0v) is 17.6. The van der Waals surface area contributed by atoms with Gasteiger partial charge in [-0.1, -0.05) is 72.8 Å². The van der Waals surface area contributed by atoms with Crippen LogP contribution in [0.25, 0.3) is 11.6 Å². The number of Topliss-reactive ketones (excluding diaryl/α,β-unsaturated/α-hetero) is 2. The van der Waals surface area contributed by atoms with Crippen LogP contribution >= 0.6 is 0 Å². The average molecular weight is 408 g/mol. The van der Waals surface area contributed by atoms with Gasteiger partial charge in [-0.3, -0.25) is 9.59 Å². The molecule has 4 rings (SSSR count).